The molecule has 40 heavy (non-hydrogen) atoms. The molecule has 0 aromatic carbocycles. The number of carboxylic acid groups (broad SMARTS) is 1. The van der Waals surface area contributed by atoms with Crippen LogP contribution in [0.1, 0.15) is 148 Å². The van der Waals surface area contributed by atoms with Crippen LogP contribution >= 0.6 is 0 Å². The molecule has 0 saturated carbocycles. The highest BCUT2D eigenvalue weighted by molar-refractivity contribution is 5.83. The Kier molecular flexibility index (Phi) is 14.0. The molecule has 0 atom stereocenters. The van der Waals surface area contributed by atoms with Crippen LogP contribution in [0, 0.1) is 32.5 Å². The van der Waals surface area contributed by atoms with Gasteiger partial charge in [0.25, 0.3) is 0 Å². The molecule has 0 aromatic heterocycles. The van der Waals surface area contributed by atoms with Crippen molar-refractivity contribution in [3.63, 3.8) is 0 Å². The van der Waals surface area contributed by atoms with Crippen molar-refractivity contribution < 1.29 is 19.5 Å². The predicted molar refractivity (Wildman–Crippen MR) is 168 cm³/mol. The van der Waals surface area contributed by atoms with Crippen molar-refractivity contribution in [3.8, 4) is 0 Å². The van der Waals surface area contributed by atoms with E-state index in [0.29, 0.717) is 32.5 Å². The average molecular weight is 567 g/mol. The summed E-state index contributed by atoms with van der Waals surface area (Å²) in [7, 11) is 0. The zero-order chi connectivity index (χ0) is 31.8. The molecule has 6 nitrogen and oxygen atoms in total. The topological polar surface area (TPSA) is 86.7 Å². The molecular formula is C34H66N2O4. The predicted octanol–water partition coefficient (Wildman–Crippen LogP) is 8.33. The van der Waals surface area contributed by atoms with Crippen LogP contribution < -0.4 is 5.32 Å². The second-order valence-electron chi connectivity index (χ2n) is 17.8. The molecular weight excluding hydrogens is 500 g/mol. The molecule has 2 amide bonds. The minimum absolute atomic E-state index is 0.0148. The Balaban J connectivity index is 5.30. The zero-order valence-electron chi connectivity index (χ0n) is 28.9. The maximum absolute atomic E-state index is 13.6. The van der Waals surface area contributed by atoms with Gasteiger partial charge in [0.1, 0.15) is 0 Å². The van der Waals surface area contributed by atoms with E-state index in [1.807, 2.05) is 18.7 Å². The number of aliphatic carboxylic acids is 1. The molecule has 6 heteroatoms. The van der Waals surface area contributed by atoms with Gasteiger partial charge in [-0.05, 0) is 79.4 Å². The molecule has 0 saturated heterocycles. The van der Waals surface area contributed by atoms with Crippen LogP contribution in [-0.2, 0) is 14.4 Å². The normalized spacial score (nSPS) is 13.8. The first-order chi connectivity index (χ1) is 17.7. The quantitative estimate of drug-likeness (QED) is 0.185. The van der Waals surface area contributed by atoms with Gasteiger partial charge in [-0.1, -0.05) is 83.1 Å². The molecule has 0 unspecified atom stereocenters. The number of carbonyl (C=O) groups excluding carboxylic acids is 2. The van der Waals surface area contributed by atoms with Gasteiger partial charge < -0.3 is 15.3 Å². The molecule has 0 rings (SSSR count). The highest BCUT2D eigenvalue weighted by Gasteiger charge is 2.33. The van der Waals surface area contributed by atoms with Gasteiger partial charge in [0.2, 0.25) is 11.8 Å². The van der Waals surface area contributed by atoms with Crippen molar-refractivity contribution >= 4 is 17.8 Å². The lowest BCUT2D eigenvalue weighted by Gasteiger charge is -2.39. The van der Waals surface area contributed by atoms with E-state index in [9.17, 15) is 19.5 Å². The summed E-state index contributed by atoms with van der Waals surface area (Å²) in [5.41, 5.74) is -0.566. The third-order valence-corrected chi connectivity index (χ3v) is 8.03. The smallest absolute Gasteiger partial charge is 0.309 e. The maximum atomic E-state index is 13.6. The van der Waals surface area contributed by atoms with Gasteiger partial charge >= 0.3 is 5.97 Å². The summed E-state index contributed by atoms with van der Waals surface area (Å²) in [4.78, 5) is 39.8. The summed E-state index contributed by atoms with van der Waals surface area (Å²) in [6, 6.07) is 0. The van der Waals surface area contributed by atoms with Crippen molar-refractivity contribution in [3.05, 3.63) is 0 Å². The number of nitrogens with one attached hydrogen (secondary N) is 1. The van der Waals surface area contributed by atoms with Crippen molar-refractivity contribution in [2.24, 2.45) is 32.5 Å². The second-order valence-corrected chi connectivity index (χ2v) is 17.8. The third-order valence-electron chi connectivity index (χ3n) is 8.03. The minimum atomic E-state index is -0.807. The summed E-state index contributed by atoms with van der Waals surface area (Å²) in [6.07, 6.45) is 5.85. The van der Waals surface area contributed by atoms with Crippen LogP contribution in [0.15, 0.2) is 0 Å². The summed E-state index contributed by atoms with van der Waals surface area (Å²) in [5.74, 6) is -0.887. The molecule has 0 aliphatic rings. The van der Waals surface area contributed by atoms with Crippen LogP contribution in [0.5, 0.6) is 0 Å². The van der Waals surface area contributed by atoms with Crippen LogP contribution in [-0.4, -0.2) is 47.4 Å². The fourth-order valence-corrected chi connectivity index (χ4v) is 4.50. The lowest BCUT2D eigenvalue weighted by Crippen LogP contribution is -2.44. The Morgan fingerprint density at radius 3 is 1.35 bits per heavy atom. The largest absolute Gasteiger partial charge is 0.481 e. The maximum Gasteiger partial charge on any atom is 0.309 e. The van der Waals surface area contributed by atoms with Crippen LogP contribution in [0.3, 0.4) is 0 Å². The first-order valence-corrected chi connectivity index (χ1v) is 15.4. The summed E-state index contributed by atoms with van der Waals surface area (Å²) in [5, 5.41) is 12.4. The van der Waals surface area contributed by atoms with Gasteiger partial charge in [0.15, 0.2) is 0 Å². The molecule has 0 bridgehead atoms. The Labute approximate surface area is 247 Å². The molecule has 0 fully saturated rings. The van der Waals surface area contributed by atoms with E-state index in [4.69, 9.17) is 0 Å². The van der Waals surface area contributed by atoms with Crippen molar-refractivity contribution in [1.82, 2.24) is 10.2 Å². The first-order valence-electron chi connectivity index (χ1n) is 15.4. The highest BCUT2D eigenvalue weighted by atomic mass is 16.4. The Morgan fingerprint density at radius 2 is 0.975 bits per heavy atom. The van der Waals surface area contributed by atoms with E-state index in [1.54, 1.807) is 13.8 Å². The number of amides is 2. The highest BCUT2D eigenvalue weighted by Crippen LogP contribution is 2.35. The van der Waals surface area contributed by atoms with Crippen LogP contribution in [0.4, 0.5) is 0 Å². The number of carbonyl (C=O) groups is 3. The zero-order valence-corrected chi connectivity index (χ0v) is 28.9. The number of rotatable bonds is 17. The van der Waals surface area contributed by atoms with E-state index in [0.717, 1.165) is 25.7 Å². The average Bonchev–Trinajstić information content (AvgIpc) is 2.76. The fourth-order valence-electron chi connectivity index (χ4n) is 4.50. The molecule has 0 spiro atoms. The number of nitrogens with zero attached hydrogens (tertiary/aromatic N) is 1. The molecule has 0 aromatic rings. The lowest BCUT2D eigenvalue weighted by molar-refractivity contribution is -0.147. The number of carboxylic acids is 1. The lowest BCUT2D eigenvalue weighted by atomic mass is 9.78. The standard InChI is InChI=1S/C34H66N2O4/c1-29(2,3)17-19-32(9,10)24-36(25-33(11,12)20-18-30(4,5)6)27(38)16-15-26(37)35-23-31(7,8)21-22-34(13,14)28(39)40/h15-25H2,1-14H3,(H,35,37)(H,39,40). The van der Waals surface area contributed by atoms with Gasteiger partial charge in [0, 0.05) is 32.5 Å². The van der Waals surface area contributed by atoms with E-state index in [2.05, 4.69) is 74.6 Å². The number of hydrogen-bond donors (Lipinski definition) is 2. The minimum Gasteiger partial charge on any atom is -0.481 e. The first kappa shape index (κ1) is 38.4. The van der Waals surface area contributed by atoms with Crippen LogP contribution in [0.25, 0.3) is 0 Å². The van der Waals surface area contributed by atoms with Crippen molar-refractivity contribution in [2.45, 2.75) is 148 Å². The Morgan fingerprint density at radius 1 is 0.575 bits per heavy atom. The van der Waals surface area contributed by atoms with Gasteiger partial charge in [-0.25, -0.2) is 0 Å². The Hall–Kier alpha value is -1.59. The fraction of sp³-hybridized carbons (Fsp3) is 0.912. The third kappa shape index (κ3) is 18.0. The second kappa shape index (κ2) is 14.5. The Bertz CT molecular complexity index is 794. The van der Waals surface area contributed by atoms with Gasteiger partial charge in [-0.15, -0.1) is 0 Å². The summed E-state index contributed by atoms with van der Waals surface area (Å²) >= 11 is 0. The van der Waals surface area contributed by atoms with E-state index < -0.39 is 11.4 Å². The van der Waals surface area contributed by atoms with Crippen molar-refractivity contribution in [1.29, 1.82) is 0 Å². The van der Waals surface area contributed by atoms with E-state index in [1.165, 1.54) is 0 Å². The van der Waals surface area contributed by atoms with Gasteiger partial charge in [-0.2, -0.15) is 0 Å². The molecule has 236 valence electrons. The van der Waals surface area contributed by atoms with Crippen LogP contribution in [0.2, 0.25) is 0 Å². The molecule has 0 aliphatic carbocycles. The summed E-state index contributed by atoms with van der Waals surface area (Å²) < 4.78 is 0. The number of hydrogen-bond acceptors (Lipinski definition) is 3. The van der Waals surface area contributed by atoms with Crippen molar-refractivity contribution in [2.75, 3.05) is 19.6 Å². The molecule has 0 radical (unpaired) electrons. The van der Waals surface area contributed by atoms with E-state index in [-0.39, 0.29) is 51.7 Å². The van der Waals surface area contributed by atoms with Gasteiger partial charge in [-0.3, -0.25) is 14.4 Å². The monoisotopic (exact) mass is 567 g/mol. The molecule has 0 aliphatic heterocycles. The summed E-state index contributed by atoms with van der Waals surface area (Å²) in [6.45, 7) is 31.9. The SMILES string of the molecule is CC(C)(C)CCC(C)(C)CN(CC(C)(C)CCC(C)(C)C)C(=O)CCC(=O)NCC(C)(C)CCC(C)(C)C(=O)O. The van der Waals surface area contributed by atoms with E-state index >= 15 is 0 Å². The molecule has 0 heterocycles. The molecule has 2 N–H and O–H groups in total. The van der Waals surface area contributed by atoms with Gasteiger partial charge in [0.05, 0.1) is 5.41 Å².